The molecule has 1 fully saturated rings. The zero-order valence-electron chi connectivity index (χ0n) is 12.5. The van der Waals surface area contributed by atoms with Crippen molar-refractivity contribution in [1.29, 1.82) is 0 Å². The fraction of sp³-hybridized carbons (Fsp3) is 0.467. The van der Waals surface area contributed by atoms with Crippen LogP contribution in [-0.2, 0) is 4.79 Å². The minimum atomic E-state index is -0.820. The Labute approximate surface area is 123 Å². The smallest absolute Gasteiger partial charge is 0.325 e. The number of carbonyl (C=O) groups excluding carboxylic acids is 2. The SMILES string of the molecule is CN(CCCN1C(=O)NC(C)(C)C1=O)c1ccc(F)cc1. The van der Waals surface area contributed by atoms with Crippen LogP contribution >= 0.6 is 0 Å². The molecule has 0 bridgehead atoms. The summed E-state index contributed by atoms with van der Waals surface area (Å²) in [4.78, 5) is 26.9. The summed E-state index contributed by atoms with van der Waals surface area (Å²) in [6, 6.07) is 5.88. The molecule has 1 N–H and O–H groups in total. The van der Waals surface area contributed by atoms with Crippen LogP contribution in [0, 0.1) is 5.82 Å². The topological polar surface area (TPSA) is 52.6 Å². The molecule has 0 aromatic heterocycles. The van der Waals surface area contributed by atoms with Crippen LogP contribution in [-0.4, -0.2) is 42.5 Å². The van der Waals surface area contributed by atoms with Crippen LogP contribution in [0.15, 0.2) is 24.3 Å². The molecule has 1 aliphatic heterocycles. The third-order valence-electron chi connectivity index (χ3n) is 3.59. The fourth-order valence-corrected chi connectivity index (χ4v) is 2.31. The quantitative estimate of drug-likeness (QED) is 0.845. The maximum Gasteiger partial charge on any atom is 0.325 e. The molecule has 3 amide bonds. The third kappa shape index (κ3) is 3.32. The summed E-state index contributed by atoms with van der Waals surface area (Å²) in [5.74, 6) is -0.467. The van der Waals surface area contributed by atoms with Gasteiger partial charge in [0.05, 0.1) is 0 Å². The van der Waals surface area contributed by atoms with Crippen molar-refractivity contribution in [2.24, 2.45) is 0 Å². The van der Waals surface area contributed by atoms with E-state index in [0.717, 1.165) is 5.69 Å². The van der Waals surface area contributed by atoms with Crippen molar-refractivity contribution in [2.75, 3.05) is 25.0 Å². The highest BCUT2D eigenvalue weighted by Gasteiger charge is 2.43. The van der Waals surface area contributed by atoms with Gasteiger partial charge in [0.2, 0.25) is 0 Å². The number of amides is 3. The fourth-order valence-electron chi connectivity index (χ4n) is 2.31. The van der Waals surface area contributed by atoms with E-state index in [4.69, 9.17) is 0 Å². The zero-order chi connectivity index (χ0) is 15.6. The number of rotatable bonds is 5. The molecule has 0 saturated carbocycles. The Hall–Kier alpha value is -2.11. The number of hydrogen-bond donors (Lipinski definition) is 1. The molecule has 0 radical (unpaired) electrons. The first-order chi connectivity index (χ1) is 9.81. The monoisotopic (exact) mass is 293 g/mol. The van der Waals surface area contributed by atoms with Crippen molar-refractivity contribution in [3.05, 3.63) is 30.1 Å². The first kappa shape index (κ1) is 15.3. The van der Waals surface area contributed by atoms with Gasteiger partial charge in [-0.3, -0.25) is 9.69 Å². The highest BCUT2D eigenvalue weighted by Crippen LogP contribution is 2.17. The first-order valence-electron chi connectivity index (χ1n) is 6.92. The molecule has 114 valence electrons. The van der Waals surface area contributed by atoms with Gasteiger partial charge in [0.15, 0.2) is 0 Å². The molecule has 6 heteroatoms. The number of carbonyl (C=O) groups is 2. The lowest BCUT2D eigenvalue weighted by Crippen LogP contribution is -2.40. The lowest BCUT2D eigenvalue weighted by molar-refractivity contribution is -0.130. The number of benzene rings is 1. The van der Waals surface area contributed by atoms with E-state index in [-0.39, 0.29) is 17.8 Å². The molecule has 0 aliphatic carbocycles. The van der Waals surface area contributed by atoms with E-state index < -0.39 is 5.54 Å². The van der Waals surface area contributed by atoms with E-state index in [0.29, 0.717) is 19.5 Å². The van der Waals surface area contributed by atoms with Gasteiger partial charge in [-0.25, -0.2) is 9.18 Å². The lowest BCUT2D eigenvalue weighted by Gasteiger charge is -2.21. The van der Waals surface area contributed by atoms with Crippen molar-refractivity contribution in [1.82, 2.24) is 10.2 Å². The Morgan fingerprint density at radius 1 is 1.24 bits per heavy atom. The van der Waals surface area contributed by atoms with Crippen LogP contribution in [0.25, 0.3) is 0 Å². The molecule has 0 spiro atoms. The third-order valence-corrected chi connectivity index (χ3v) is 3.59. The Morgan fingerprint density at radius 3 is 2.38 bits per heavy atom. The van der Waals surface area contributed by atoms with Crippen molar-refractivity contribution in [3.63, 3.8) is 0 Å². The Balaban J connectivity index is 1.86. The first-order valence-corrected chi connectivity index (χ1v) is 6.92. The average Bonchev–Trinajstić information content (AvgIpc) is 2.61. The van der Waals surface area contributed by atoms with Gasteiger partial charge in [-0.2, -0.15) is 0 Å². The summed E-state index contributed by atoms with van der Waals surface area (Å²) in [7, 11) is 1.89. The van der Waals surface area contributed by atoms with Crippen LogP contribution in [0.5, 0.6) is 0 Å². The van der Waals surface area contributed by atoms with Crippen molar-refractivity contribution in [3.8, 4) is 0 Å². The van der Waals surface area contributed by atoms with E-state index in [1.54, 1.807) is 26.0 Å². The Bertz CT molecular complexity index is 542. The maximum absolute atomic E-state index is 12.9. The highest BCUT2D eigenvalue weighted by atomic mass is 19.1. The van der Waals surface area contributed by atoms with Gasteiger partial charge in [-0.1, -0.05) is 0 Å². The highest BCUT2D eigenvalue weighted by molar-refractivity contribution is 6.06. The molecule has 1 saturated heterocycles. The molecule has 21 heavy (non-hydrogen) atoms. The van der Waals surface area contributed by atoms with E-state index >= 15 is 0 Å². The molecule has 1 aromatic carbocycles. The van der Waals surface area contributed by atoms with Gasteiger partial charge in [0, 0.05) is 25.8 Å². The van der Waals surface area contributed by atoms with Crippen LogP contribution in [0.4, 0.5) is 14.9 Å². The number of imide groups is 1. The minimum absolute atomic E-state index is 0.197. The standard InChI is InChI=1S/C15H20FN3O2/c1-15(2)13(20)19(14(21)17-15)10-4-9-18(3)12-7-5-11(16)6-8-12/h5-8H,4,9-10H2,1-3H3,(H,17,21). The Morgan fingerprint density at radius 2 is 1.86 bits per heavy atom. The molecule has 1 aromatic rings. The molecular weight excluding hydrogens is 273 g/mol. The minimum Gasteiger partial charge on any atom is -0.375 e. The van der Waals surface area contributed by atoms with Crippen LogP contribution in [0.1, 0.15) is 20.3 Å². The normalized spacial score (nSPS) is 17.0. The second-order valence-electron chi connectivity index (χ2n) is 5.76. The predicted octanol–water partition coefficient (Wildman–Crippen LogP) is 1.98. The summed E-state index contributed by atoms with van der Waals surface area (Å²) in [6.07, 6.45) is 0.656. The number of halogens is 1. The molecule has 1 aliphatic rings. The summed E-state index contributed by atoms with van der Waals surface area (Å²) in [5, 5.41) is 2.65. The van der Waals surface area contributed by atoms with Gasteiger partial charge in [0.1, 0.15) is 11.4 Å². The molecular formula is C15H20FN3O2. The van der Waals surface area contributed by atoms with E-state index in [1.807, 2.05) is 11.9 Å². The summed E-state index contributed by atoms with van der Waals surface area (Å²) >= 11 is 0. The van der Waals surface area contributed by atoms with E-state index in [9.17, 15) is 14.0 Å². The van der Waals surface area contributed by atoms with Gasteiger partial charge in [-0.15, -0.1) is 0 Å². The molecule has 2 rings (SSSR count). The van der Waals surface area contributed by atoms with Crippen LogP contribution < -0.4 is 10.2 Å². The number of anilines is 1. The average molecular weight is 293 g/mol. The maximum atomic E-state index is 12.9. The van der Waals surface area contributed by atoms with Crippen molar-refractivity contribution >= 4 is 17.6 Å². The van der Waals surface area contributed by atoms with Crippen molar-refractivity contribution in [2.45, 2.75) is 25.8 Å². The van der Waals surface area contributed by atoms with Gasteiger partial charge in [-0.05, 0) is 44.5 Å². The predicted molar refractivity (Wildman–Crippen MR) is 78.6 cm³/mol. The van der Waals surface area contributed by atoms with Crippen molar-refractivity contribution < 1.29 is 14.0 Å². The number of nitrogens with zero attached hydrogens (tertiary/aromatic N) is 2. The Kier molecular flexibility index (Phi) is 4.16. The van der Waals surface area contributed by atoms with E-state index in [2.05, 4.69) is 5.32 Å². The number of hydrogen-bond acceptors (Lipinski definition) is 3. The second kappa shape index (κ2) is 5.71. The summed E-state index contributed by atoms with van der Waals surface area (Å²) in [6.45, 7) is 4.43. The summed E-state index contributed by atoms with van der Waals surface area (Å²) < 4.78 is 12.9. The van der Waals surface area contributed by atoms with Crippen LogP contribution in [0.3, 0.4) is 0 Å². The molecule has 5 nitrogen and oxygen atoms in total. The van der Waals surface area contributed by atoms with Gasteiger partial charge in [0.25, 0.3) is 5.91 Å². The van der Waals surface area contributed by atoms with Gasteiger partial charge >= 0.3 is 6.03 Å². The van der Waals surface area contributed by atoms with Gasteiger partial charge < -0.3 is 10.2 Å². The number of urea groups is 1. The number of nitrogens with one attached hydrogen (secondary N) is 1. The molecule has 1 heterocycles. The van der Waals surface area contributed by atoms with E-state index in [1.165, 1.54) is 17.0 Å². The van der Waals surface area contributed by atoms with Crippen LogP contribution in [0.2, 0.25) is 0 Å². The second-order valence-corrected chi connectivity index (χ2v) is 5.76. The lowest BCUT2D eigenvalue weighted by atomic mass is 10.1. The molecule has 0 atom stereocenters. The summed E-state index contributed by atoms with van der Waals surface area (Å²) in [5.41, 5.74) is 0.0777. The zero-order valence-corrected chi connectivity index (χ0v) is 12.5. The molecule has 0 unspecified atom stereocenters. The largest absolute Gasteiger partial charge is 0.375 e.